The van der Waals surface area contributed by atoms with Crippen molar-refractivity contribution in [3.8, 4) is 0 Å². The van der Waals surface area contributed by atoms with Gasteiger partial charge in [0.25, 0.3) is 10.2 Å². The number of carbonyl (C=O) groups is 5. The maximum Gasteiger partial charge on any atom is 0.323 e. The third-order valence-electron chi connectivity index (χ3n) is 11.5. The first kappa shape index (κ1) is 40.6. The Labute approximate surface area is 303 Å². The number of allylic oxidation sites excluding steroid dienone is 4. The number of alkyl halides is 1. The lowest BCUT2D eigenvalue weighted by Gasteiger charge is -2.64. The highest BCUT2D eigenvalue weighted by molar-refractivity contribution is 6.26. The lowest BCUT2D eigenvalue weighted by Crippen LogP contribution is -2.69. The first-order valence-electron chi connectivity index (χ1n) is 17.0. The first-order chi connectivity index (χ1) is 24.3. The summed E-state index contributed by atoms with van der Waals surface area (Å²) >= 11 is 7.51. The lowest BCUT2D eigenvalue weighted by atomic mass is 9.45. The zero-order valence-electron chi connectivity index (χ0n) is 29.3. The Hall–Kier alpha value is -4.16. The van der Waals surface area contributed by atoms with E-state index < -0.39 is 112 Å². The SMILES string of the molecule is CCC(=O)O[C@]1(C(=O)COC(=O)CC(N)C(=O)OCC(CCO[N+](=O)[O-])O[N+](=O)[O-])[C@@H](C)C[C@H]2[C@@H]3CCC4=CC(=O)C=C[C@]4(C)[C@@]3(Cl)[C@@H](O)C[C@@]21C. The monoisotopic (exact) mass is 757 g/mol. The van der Waals surface area contributed by atoms with Crippen molar-refractivity contribution >= 4 is 41.1 Å². The Morgan fingerprint density at radius 1 is 1.12 bits per heavy atom. The number of ketones is 2. The van der Waals surface area contributed by atoms with Crippen molar-refractivity contribution in [2.24, 2.45) is 34.3 Å². The molecule has 4 rings (SSSR count). The van der Waals surface area contributed by atoms with E-state index in [0.717, 1.165) is 5.57 Å². The molecule has 3 saturated carbocycles. The molecule has 3 N–H and O–H groups in total. The van der Waals surface area contributed by atoms with Gasteiger partial charge in [-0.15, -0.1) is 31.8 Å². The minimum absolute atomic E-state index is 0.0423. The van der Waals surface area contributed by atoms with Crippen molar-refractivity contribution in [1.82, 2.24) is 0 Å². The Balaban J connectivity index is 1.48. The van der Waals surface area contributed by atoms with Gasteiger partial charge in [-0.1, -0.05) is 39.3 Å². The van der Waals surface area contributed by atoms with Crippen LogP contribution in [0.5, 0.6) is 0 Å². The highest BCUT2D eigenvalue weighted by Gasteiger charge is 2.76. The van der Waals surface area contributed by atoms with E-state index in [2.05, 4.69) is 9.68 Å². The van der Waals surface area contributed by atoms with Crippen LogP contribution in [0.2, 0.25) is 0 Å². The highest BCUT2D eigenvalue weighted by atomic mass is 35.5. The Morgan fingerprint density at radius 2 is 1.81 bits per heavy atom. The fraction of sp³-hybridized carbons (Fsp3) is 0.727. The average molecular weight is 758 g/mol. The lowest BCUT2D eigenvalue weighted by molar-refractivity contribution is -0.774. The molecule has 18 nitrogen and oxygen atoms in total. The maximum absolute atomic E-state index is 14.3. The van der Waals surface area contributed by atoms with Crippen LogP contribution in [0.25, 0.3) is 0 Å². The summed E-state index contributed by atoms with van der Waals surface area (Å²) in [6, 6.07) is -1.63. The van der Waals surface area contributed by atoms with Gasteiger partial charge in [-0.2, -0.15) is 0 Å². The molecular formula is C33H44ClN3O15. The van der Waals surface area contributed by atoms with Gasteiger partial charge in [0, 0.05) is 29.6 Å². The van der Waals surface area contributed by atoms with Crippen molar-refractivity contribution in [1.29, 1.82) is 0 Å². The second kappa shape index (κ2) is 15.4. The number of esters is 3. The number of rotatable bonds is 16. The van der Waals surface area contributed by atoms with Gasteiger partial charge < -0.3 is 34.7 Å². The van der Waals surface area contributed by atoms with Crippen molar-refractivity contribution in [2.45, 2.75) is 101 Å². The summed E-state index contributed by atoms with van der Waals surface area (Å²) in [6.45, 7) is 4.81. The fourth-order valence-corrected chi connectivity index (χ4v) is 9.58. The molecule has 0 radical (unpaired) electrons. The number of aliphatic hydroxyl groups is 1. The Morgan fingerprint density at radius 3 is 2.44 bits per heavy atom. The summed E-state index contributed by atoms with van der Waals surface area (Å²) in [5.41, 5.74) is 2.77. The van der Waals surface area contributed by atoms with Crippen LogP contribution in [-0.4, -0.2) is 93.3 Å². The third-order valence-corrected chi connectivity index (χ3v) is 12.4. The Bertz CT molecular complexity index is 1550. The normalized spacial score (nSPS) is 34.3. The van der Waals surface area contributed by atoms with Crippen LogP contribution in [0.1, 0.15) is 72.6 Å². The van der Waals surface area contributed by atoms with Crippen LogP contribution in [0.3, 0.4) is 0 Å². The summed E-state index contributed by atoms with van der Waals surface area (Å²) in [4.78, 5) is 93.0. The molecule has 0 aromatic heterocycles. The fourth-order valence-electron chi connectivity index (χ4n) is 9.05. The number of aliphatic hydroxyl groups excluding tert-OH is 1. The van der Waals surface area contributed by atoms with Crippen molar-refractivity contribution in [3.05, 3.63) is 44.0 Å². The molecule has 0 amide bonds. The van der Waals surface area contributed by atoms with E-state index in [1.807, 2.05) is 6.92 Å². The molecule has 0 aliphatic heterocycles. The molecule has 0 spiro atoms. The van der Waals surface area contributed by atoms with Crippen LogP contribution in [0.15, 0.2) is 23.8 Å². The molecule has 10 atom stereocenters. The molecule has 3 fully saturated rings. The number of hydrogen-bond acceptors (Lipinski definition) is 16. The van der Waals surface area contributed by atoms with Gasteiger partial charge in [0.15, 0.2) is 18.0 Å². The molecule has 0 saturated heterocycles. The van der Waals surface area contributed by atoms with Gasteiger partial charge in [0.1, 0.15) is 18.8 Å². The number of carbonyl (C=O) groups excluding carboxylic acids is 5. The molecule has 0 aromatic carbocycles. The molecule has 4 aliphatic carbocycles. The number of Topliss-reactive ketones (excluding diaryl/α,β-unsaturated/α-hetero) is 1. The Kier molecular flexibility index (Phi) is 12.1. The number of fused-ring (bicyclic) bond motifs is 5. The summed E-state index contributed by atoms with van der Waals surface area (Å²) in [5, 5.41) is 30.7. The largest absolute Gasteiger partial charge is 0.462 e. The van der Waals surface area contributed by atoms with E-state index in [0.29, 0.717) is 19.3 Å². The first-order valence-corrected chi connectivity index (χ1v) is 17.4. The second-order valence-corrected chi connectivity index (χ2v) is 14.9. The van der Waals surface area contributed by atoms with Gasteiger partial charge in [-0.25, -0.2) is 0 Å². The van der Waals surface area contributed by atoms with Crippen LogP contribution in [0.4, 0.5) is 0 Å². The number of nitrogens with two attached hydrogens (primary N) is 1. The molecule has 52 heavy (non-hydrogen) atoms. The van der Waals surface area contributed by atoms with Crippen molar-refractivity contribution in [2.75, 3.05) is 19.8 Å². The van der Waals surface area contributed by atoms with Crippen LogP contribution in [0, 0.1) is 48.8 Å². The standard InChI is InChI=1S/C33H44ClN3O15/c1-5-27(41)51-33(26(40)17-48-28(42)14-24(35)29(43)49-16-21(52-37(46)47)9-11-50-36(44)45)18(2)12-23-22-7-6-19-13-20(38)8-10-30(19,3)32(22,34)25(39)15-31(23,33)4/h8,10,13,18,21-25,39H,5-7,9,11-12,14-17,35H2,1-4H3/t18-,21?,22-,23-,24?,25-,30-,31-,32-,33-/m0/s1. The molecule has 2 unspecified atom stereocenters. The van der Waals surface area contributed by atoms with E-state index >= 15 is 0 Å². The minimum Gasteiger partial charge on any atom is -0.462 e. The topological polar surface area (TPSA) is 264 Å². The highest BCUT2D eigenvalue weighted by Crippen LogP contribution is 2.72. The third kappa shape index (κ3) is 7.24. The van der Waals surface area contributed by atoms with Gasteiger partial charge in [0.05, 0.1) is 24.0 Å². The summed E-state index contributed by atoms with van der Waals surface area (Å²) in [6.07, 6.45) is 2.30. The van der Waals surface area contributed by atoms with E-state index in [1.165, 1.54) is 6.08 Å². The number of nitrogens with zero attached hydrogens (tertiary/aromatic N) is 2. The number of hydrogen-bond donors (Lipinski definition) is 2. The van der Waals surface area contributed by atoms with Gasteiger partial charge >= 0.3 is 17.9 Å². The average Bonchev–Trinajstić information content (AvgIpc) is 3.28. The molecule has 288 valence electrons. The van der Waals surface area contributed by atoms with E-state index in [9.17, 15) is 49.3 Å². The predicted molar refractivity (Wildman–Crippen MR) is 176 cm³/mol. The van der Waals surface area contributed by atoms with Crippen LogP contribution in [-0.2, 0) is 47.9 Å². The summed E-state index contributed by atoms with van der Waals surface area (Å²) < 4.78 is 16.2. The second-order valence-electron chi connectivity index (χ2n) is 14.3. The molecule has 4 aliphatic rings. The summed E-state index contributed by atoms with van der Waals surface area (Å²) in [7, 11) is 0. The van der Waals surface area contributed by atoms with Gasteiger partial charge in [-0.3, -0.25) is 24.0 Å². The molecule has 19 heteroatoms. The van der Waals surface area contributed by atoms with Gasteiger partial charge in [-0.05, 0) is 49.7 Å². The number of halogens is 1. The molecule has 0 bridgehead atoms. The van der Waals surface area contributed by atoms with Crippen LogP contribution < -0.4 is 5.73 Å². The zero-order chi connectivity index (χ0) is 38.8. The minimum atomic E-state index is -1.83. The maximum atomic E-state index is 14.3. The quantitative estimate of drug-likeness (QED) is 0.0750. The van der Waals surface area contributed by atoms with Crippen LogP contribution >= 0.6 is 11.6 Å². The zero-order valence-corrected chi connectivity index (χ0v) is 30.0. The van der Waals surface area contributed by atoms with Gasteiger partial charge in [0.2, 0.25) is 5.78 Å². The van der Waals surface area contributed by atoms with E-state index in [4.69, 9.17) is 31.5 Å². The van der Waals surface area contributed by atoms with Crippen molar-refractivity contribution < 1.29 is 63.1 Å². The van der Waals surface area contributed by atoms with E-state index in [-0.39, 0.29) is 30.5 Å². The summed E-state index contributed by atoms with van der Waals surface area (Å²) in [5.74, 6) is -5.10. The number of ether oxygens (including phenoxy) is 3. The predicted octanol–water partition coefficient (Wildman–Crippen LogP) is 2.11. The smallest absolute Gasteiger partial charge is 0.323 e. The molecule has 0 aromatic rings. The van der Waals surface area contributed by atoms with E-state index in [1.54, 1.807) is 32.9 Å². The molecule has 0 heterocycles. The van der Waals surface area contributed by atoms with Crippen molar-refractivity contribution in [3.63, 3.8) is 0 Å². The molecular weight excluding hydrogens is 714 g/mol.